The van der Waals surface area contributed by atoms with Crippen molar-refractivity contribution in [3.8, 4) is 0 Å². The SMILES string of the molecule is CCSCC(C)N=C(N)NC(C)C. The fourth-order valence-corrected chi connectivity index (χ4v) is 1.55. The van der Waals surface area contributed by atoms with Crippen LogP contribution in [0.5, 0.6) is 0 Å². The molecule has 0 aliphatic rings. The van der Waals surface area contributed by atoms with Gasteiger partial charge in [0, 0.05) is 11.8 Å². The van der Waals surface area contributed by atoms with Crippen LogP contribution >= 0.6 is 11.8 Å². The third kappa shape index (κ3) is 7.96. The van der Waals surface area contributed by atoms with Gasteiger partial charge in [-0.15, -0.1) is 0 Å². The zero-order chi connectivity index (χ0) is 10.3. The average Bonchev–Trinajstić information content (AvgIpc) is 1.98. The van der Waals surface area contributed by atoms with E-state index in [9.17, 15) is 0 Å². The van der Waals surface area contributed by atoms with Crippen LogP contribution in [-0.4, -0.2) is 29.5 Å². The number of nitrogens with zero attached hydrogens (tertiary/aromatic N) is 1. The summed E-state index contributed by atoms with van der Waals surface area (Å²) >= 11 is 1.89. The van der Waals surface area contributed by atoms with E-state index in [0.29, 0.717) is 18.0 Å². The van der Waals surface area contributed by atoms with E-state index in [1.165, 1.54) is 0 Å². The number of thioether (sulfide) groups is 1. The second kappa shape index (κ2) is 7.06. The molecule has 1 unspecified atom stereocenters. The molecule has 0 heterocycles. The van der Waals surface area contributed by atoms with Crippen LogP contribution in [0, 0.1) is 0 Å². The summed E-state index contributed by atoms with van der Waals surface area (Å²) in [6, 6.07) is 0.658. The first-order valence-electron chi connectivity index (χ1n) is 4.73. The number of guanidine groups is 1. The van der Waals surface area contributed by atoms with Gasteiger partial charge < -0.3 is 11.1 Å². The molecule has 0 spiro atoms. The fourth-order valence-electron chi connectivity index (χ4n) is 0.896. The highest BCUT2D eigenvalue weighted by molar-refractivity contribution is 7.99. The Morgan fingerprint density at radius 3 is 2.54 bits per heavy atom. The van der Waals surface area contributed by atoms with Crippen LogP contribution in [0.3, 0.4) is 0 Å². The highest BCUT2D eigenvalue weighted by atomic mass is 32.2. The Labute approximate surface area is 85.6 Å². The normalized spacial score (nSPS) is 14.7. The second-order valence-electron chi connectivity index (χ2n) is 3.32. The van der Waals surface area contributed by atoms with Crippen LogP contribution < -0.4 is 11.1 Å². The van der Waals surface area contributed by atoms with Crippen molar-refractivity contribution in [3.63, 3.8) is 0 Å². The van der Waals surface area contributed by atoms with Gasteiger partial charge in [-0.2, -0.15) is 11.8 Å². The highest BCUT2D eigenvalue weighted by Crippen LogP contribution is 2.03. The minimum absolute atomic E-state index is 0.302. The highest BCUT2D eigenvalue weighted by Gasteiger charge is 2.00. The third-order valence-electron chi connectivity index (χ3n) is 1.36. The summed E-state index contributed by atoms with van der Waals surface area (Å²) in [6.07, 6.45) is 0. The van der Waals surface area contributed by atoms with Crippen LogP contribution in [0.1, 0.15) is 27.7 Å². The van der Waals surface area contributed by atoms with Crippen molar-refractivity contribution in [2.24, 2.45) is 10.7 Å². The molecule has 1 atom stereocenters. The molecule has 0 fully saturated rings. The molecule has 13 heavy (non-hydrogen) atoms. The summed E-state index contributed by atoms with van der Waals surface area (Å²) in [5.41, 5.74) is 5.68. The Balaban J connectivity index is 3.76. The van der Waals surface area contributed by atoms with Crippen LogP contribution in [0.2, 0.25) is 0 Å². The fraction of sp³-hybridized carbons (Fsp3) is 0.889. The monoisotopic (exact) mass is 203 g/mol. The zero-order valence-corrected chi connectivity index (χ0v) is 9.82. The predicted octanol–water partition coefficient (Wildman–Crippen LogP) is 1.44. The van der Waals surface area contributed by atoms with E-state index in [1.54, 1.807) is 0 Å². The summed E-state index contributed by atoms with van der Waals surface area (Å²) in [7, 11) is 0. The van der Waals surface area contributed by atoms with Gasteiger partial charge in [0.15, 0.2) is 5.96 Å². The first kappa shape index (κ1) is 12.6. The van der Waals surface area contributed by atoms with Gasteiger partial charge in [0.25, 0.3) is 0 Å². The quantitative estimate of drug-likeness (QED) is 0.525. The molecular formula is C9H21N3S. The summed E-state index contributed by atoms with van der Waals surface area (Å²) in [6.45, 7) is 8.33. The lowest BCUT2D eigenvalue weighted by molar-refractivity contribution is 0.715. The number of aliphatic imine (C=N–C) groups is 1. The van der Waals surface area contributed by atoms with Crippen molar-refractivity contribution in [1.82, 2.24) is 5.32 Å². The van der Waals surface area contributed by atoms with Gasteiger partial charge in [-0.1, -0.05) is 6.92 Å². The van der Waals surface area contributed by atoms with E-state index < -0.39 is 0 Å². The lowest BCUT2D eigenvalue weighted by Gasteiger charge is -2.11. The maximum absolute atomic E-state index is 5.68. The number of hydrogen-bond acceptors (Lipinski definition) is 2. The van der Waals surface area contributed by atoms with Crippen LogP contribution in [-0.2, 0) is 0 Å². The van der Waals surface area contributed by atoms with Gasteiger partial charge >= 0.3 is 0 Å². The first-order chi connectivity index (χ1) is 6.06. The van der Waals surface area contributed by atoms with Crippen molar-refractivity contribution in [2.75, 3.05) is 11.5 Å². The van der Waals surface area contributed by atoms with Gasteiger partial charge in [0.2, 0.25) is 0 Å². The van der Waals surface area contributed by atoms with Crippen LogP contribution in [0.15, 0.2) is 4.99 Å². The summed E-state index contributed by atoms with van der Waals surface area (Å²) < 4.78 is 0. The molecule has 0 aliphatic carbocycles. The molecule has 0 bridgehead atoms. The molecule has 3 N–H and O–H groups in total. The number of nitrogens with two attached hydrogens (primary N) is 1. The summed E-state index contributed by atoms with van der Waals surface area (Å²) in [5, 5.41) is 3.07. The average molecular weight is 203 g/mol. The third-order valence-corrected chi connectivity index (χ3v) is 2.49. The van der Waals surface area contributed by atoms with Gasteiger partial charge in [-0.3, -0.25) is 0 Å². The van der Waals surface area contributed by atoms with Crippen LogP contribution in [0.4, 0.5) is 0 Å². The molecule has 0 saturated carbocycles. The zero-order valence-electron chi connectivity index (χ0n) is 9.00. The van der Waals surface area contributed by atoms with Crippen molar-refractivity contribution in [2.45, 2.75) is 39.8 Å². The maximum Gasteiger partial charge on any atom is 0.189 e. The lowest BCUT2D eigenvalue weighted by atomic mass is 10.4. The standard InChI is InChI=1S/C9H21N3S/c1-5-13-6-8(4)12-9(10)11-7(2)3/h7-8H,5-6H2,1-4H3,(H3,10,11,12). The van der Waals surface area contributed by atoms with Gasteiger partial charge in [0.05, 0.1) is 6.04 Å². The topological polar surface area (TPSA) is 50.4 Å². The molecular weight excluding hydrogens is 182 g/mol. The second-order valence-corrected chi connectivity index (χ2v) is 4.64. The minimum atomic E-state index is 0.302. The molecule has 0 saturated heterocycles. The Bertz CT molecular complexity index is 157. The molecule has 4 heteroatoms. The van der Waals surface area contributed by atoms with Crippen molar-refractivity contribution < 1.29 is 0 Å². The minimum Gasteiger partial charge on any atom is -0.370 e. The number of rotatable bonds is 5. The van der Waals surface area contributed by atoms with Gasteiger partial charge in [0.1, 0.15) is 0 Å². The Morgan fingerprint density at radius 1 is 1.46 bits per heavy atom. The van der Waals surface area contributed by atoms with E-state index >= 15 is 0 Å². The van der Waals surface area contributed by atoms with Crippen molar-refractivity contribution >= 4 is 17.7 Å². The van der Waals surface area contributed by atoms with E-state index in [2.05, 4.69) is 24.2 Å². The first-order valence-corrected chi connectivity index (χ1v) is 5.89. The van der Waals surface area contributed by atoms with Crippen molar-refractivity contribution in [3.05, 3.63) is 0 Å². The van der Waals surface area contributed by atoms with E-state index in [4.69, 9.17) is 5.73 Å². The molecule has 0 aromatic heterocycles. The lowest BCUT2D eigenvalue weighted by Crippen LogP contribution is -2.37. The largest absolute Gasteiger partial charge is 0.370 e. The Morgan fingerprint density at radius 2 is 2.08 bits per heavy atom. The summed E-state index contributed by atoms with van der Waals surface area (Å²) in [4.78, 5) is 4.32. The number of nitrogens with one attached hydrogen (secondary N) is 1. The molecule has 0 amide bonds. The summed E-state index contributed by atoms with van der Waals surface area (Å²) in [5.74, 6) is 2.73. The number of hydrogen-bond donors (Lipinski definition) is 2. The molecule has 0 rings (SSSR count). The Kier molecular flexibility index (Phi) is 6.86. The smallest absolute Gasteiger partial charge is 0.189 e. The molecule has 78 valence electrons. The molecule has 0 aliphatic heterocycles. The maximum atomic E-state index is 5.68. The molecule has 3 nitrogen and oxygen atoms in total. The predicted molar refractivity (Wildman–Crippen MR) is 62.4 cm³/mol. The van der Waals surface area contributed by atoms with Crippen molar-refractivity contribution in [1.29, 1.82) is 0 Å². The van der Waals surface area contributed by atoms with E-state index in [0.717, 1.165) is 11.5 Å². The molecule has 0 aromatic rings. The van der Waals surface area contributed by atoms with E-state index in [-0.39, 0.29) is 0 Å². The molecule has 0 aromatic carbocycles. The van der Waals surface area contributed by atoms with Gasteiger partial charge in [-0.25, -0.2) is 4.99 Å². The van der Waals surface area contributed by atoms with Crippen LogP contribution in [0.25, 0.3) is 0 Å². The van der Waals surface area contributed by atoms with Gasteiger partial charge in [-0.05, 0) is 26.5 Å². The molecule has 0 radical (unpaired) electrons. The van der Waals surface area contributed by atoms with E-state index in [1.807, 2.05) is 25.6 Å². The Hall–Kier alpha value is -0.380.